The SMILES string of the molecule is COCCOc1cc2ncnc(Oc3ccc(CC(=O)c4c5n(n(-c6ccccc6F)c4=O)CCCC5)cc3F)c2cc1OCCOC. The predicted octanol–water partition coefficient (Wildman–Crippen LogP) is 5.46. The average molecular weight is 661 g/mol. The van der Waals surface area contributed by atoms with Crippen molar-refractivity contribution >= 4 is 16.7 Å². The van der Waals surface area contributed by atoms with E-state index in [1.54, 1.807) is 43.2 Å². The Kier molecular flexibility index (Phi) is 10.1. The van der Waals surface area contributed by atoms with E-state index in [4.69, 9.17) is 23.7 Å². The van der Waals surface area contributed by atoms with Crippen LogP contribution in [0.15, 0.2) is 65.7 Å². The molecule has 6 rings (SSSR count). The Morgan fingerprint density at radius 3 is 2.33 bits per heavy atom. The van der Waals surface area contributed by atoms with E-state index in [0.29, 0.717) is 59.8 Å². The van der Waals surface area contributed by atoms with Crippen LogP contribution in [0.4, 0.5) is 8.78 Å². The second-order valence-electron chi connectivity index (χ2n) is 11.1. The third-order valence-corrected chi connectivity index (χ3v) is 7.96. The van der Waals surface area contributed by atoms with E-state index >= 15 is 4.39 Å². The summed E-state index contributed by atoms with van der Waals surface area (Å²) in [7, 11) is 3.13. The van der Waals surface area contributed by atoms with Crippen molar-refractivity contribution in [2.45, 2.75) is 32.2 Å². The highest BCUT2D eigenvalue weighted by Crippen LogP contribution is 2.37. The Morgan fingerprint density at radius 1 is 0.854 bits per heavy atom. The molecule has 0 amide bonds. The van der Waals surface area contributed by atoms with Gasteiger partial charge in [0.05, 0.1) is 29.8 Å². The Hall–Kier alpha value is -5.14. The van der Waals surface area contributed by atoms with E-state index in [9.17, 15) is 14.0 Å². The van der Waals surface area contributed by atoms with Crippen LogP contribution >= 0.6 is 0 Å². The van der Waals surface area contributed by atoms with Gasteiger partial charge in [0.1, 0.15) is 36.6 Å². The van der Waals surface area contributed by atoms with E-state index in [1.165, 1.54) is 41.3 Å². The van der Waals surface area contributed by atoms with Gasteiger partial charge in [-0.3, -0.25) is 14.3 Å². The van der Waals surface area contributed by atoms with Crippen LogP contribution in [-0.4, -0.2) is 65.8 Å². The Balaban J connectivity index is 1.25. The fraction of sp³-hybridized carbons (Fsp3) is 0.314. The lowest BCUT2D eigenvalue weighted by molar-refractivity contribution is 0.0990. The molecule has 0 unspecified atom stereocenters. The van der Waals surface area contributed by atoms with Gasteiger partial charge in [-0.05, 0) is 55.2 Å². The van der Waals surface area contributed by atoms with Gasteiger partial charge in [0.2, 0.25) is 5.88 Å². The maximum Gasteiger partial charge on any atom is 0.282 e. The molecule has 5 aromatic rings. The largest absolute Gasteiger partial charge is 0.487 e. The average Bonchev–Trinajstić information content (AvgIpc) is 3.38. The van der Waals surface area contributed by atoms with Crippen LogP contribution < -0.4 is 19.8 Å². The highest BCUT2D eigenvalue weighted by molar-refractivity contribution is 5.98. The molecule has 3 aromatic carbocycles. The van der Waals surface area contributed by atoms with Crippen LogP contribution in [0.25, 0.3) is 16.6 Å². The second-order valence-corrected chi connectivity index (χ2v) is 11.1. The normalized spacial score (nSPS) is 12.6. The van der Waals surface area contributed by atoms with E-state index in [1.807, 2.05) is 0 Å². The van der Waals surface area contributed by atoms with Crippen LogP contribution in [0.1, 0.15) is 34.5 Å². The van der Waals surface area contributed by atoms with Gasteiger partial charge in [0.25, 0.3) is 5.56 Å². The molecule has 13 heteroatoms. The molecule has 3 heterocycles. The van der Waals surface area contributed by atoms with Crippen LogP contribution in [0.2, 0.25) is 0 Å². The number of hydrogen-bond donors (Lipinski definition) is 0. The van der Waals surface area contributed by atoms with Crippen molar-refractivity contribution in [1.82, 2.24) is 19.3 Å². The van der Waals surface area contributed by atoms with Crippen molar-refractivity contribution in [3.8, 4) is 28.8 Å². The van der Waals surface area contributed by atoms with Gasteiger partial charge in [0.15, 0.2) is 28.8 Å². The van der Waals surface area contributed by atoms with E-state index in [0.717, 1.165) is 12.8 Å². The lowest BCUT2D eigenvalue weighted by Gasteiger charge is -2.19. The summed E-state index contributed by atoms with van der Waals surface area (Å²) in [6, 6.07) is 13.4. The third kappa shape index (κ3) is 6.78. The van der Waals surface area contributed by atoms with E-state index < -0.39 is 23.0 Å². The molecule has 0 N–H and O–H groups in total. The monoisotopic (exact) mass is 660 g/mol. The first kappa shape index (κ1) is 32.8. The number of para-hydroxylation sites is 1. The van der Waals surface area contributed by atoms with Gasteiger partial charge in [-0.2, -0.15) is 0 Å². The summed E-state index contributed by atoms with van der Waals surface area (Å²) in [5.74, 6) is -0.985. The van der Waals surface area contributed by atoms with Gasteiger partial charge >= 0.3 is 0 Å². The summed E-state index contributed by atoms with van der Waals surface area (Å²) in [6.45, 7) is 1.73. The molecule has 1 aliphatic rings. The molecule has 0 radical (unpaired) electrons. The van der Waals surface area contributed by atoms with Crippen molar-refractivity contribution in [3.05, 3.63) is 99.7 Å². The Morgan fingerprint density at radius 2 is 1.60 bits per heavy atom. The molecule has 0 saturated heterocycles. The zero-order chi connectivity index (χ0) is 33.6. The Bertz CT molecular complexity index is 2010. The van der Waals surface area contributed by atoms with Crippen molar-refractivity contribution in [2.75, 3.05) is 40.6 Å². The molecule has 250 valence electrons. The number of benzene rings is 3. The van der Waals surface area contributed by atoms with Crippen LogP contribution in [0, 0.1) is 11.6 Å². The number of aromatic nitrogens is 4. The molecule has 0 aliphatic carbocycles. The molecule has 1 aliphatic heterocycles. The quantitative estimate of drug-likeness (QED) is 0.113. The summed E-state index contributed by atoms with van der Waals surface area (Å²) in [4.78, 5) is 35.7. The molecule has 0 spiro atoms. The second kappa shape index (κ2) is 14.7. The zero-order valence-corrected chi connectivity index (χ0v) is 26.5. The maximum atomic E-state index is 15.5. The number of ether oxygens (including phenoxy) is 5. The highest BCUT2D eigenvalue weighted by Gasteiger charge is 2.28. The van der Waals surface area contributed by atoms with Crippen LogP contribution in [0.5, 0.6) is 23.1 Å². The molecule has 2 aromatic heterocycles. The summed E-state index contributed by atoms with van der Waals surface area (Å²) >= 11 is 0. The minimum absolute atomic E-state index is 0.000217. The van der Waals surface area contributed by atoms with Crippen molar-refractivity contribution in [2.24, 2.45) is 0 Å². The van der Waals surface area contributed by atoms with E-state index in [-0.39, 0.29) is 42.5 Å². The number of hydrogen-bond acceptors (Lipinski definition) is 9. The topological polar surface area (TPSA) is 116 Å². The summed E-state index contributed by atoms with van der Waals surface area (Å²) in [6.07, 6.45) is 3.15. The molecule has 0 saturated carbocycles. The molecule has 48 heavy (non-hydrogen) atoms. The summed E-state index contributed by atoms with van der Waals surface area (Å²) in [5.41, 5.74) is 0.880. The third-order valence-electron chi connectivity index (χ3n) is 7.96. The lowest BCUT2D eigenvalue weighted by atomic mass is 9.99. The number of rotatable bonds is 14. The number of Topliss-reactive ketones (excluding diaryl/α,β-unsaturated/α-hetero) is 1. The molecule has 0 fully saturated rings. The molecule has 11 nitrogen and oxygen atoms in total. The first-order valence-electron chi connectivity index (χ1n) is 15.5. The smallest absolute Gasteiger partial charge is 0.282 e. The zero-order valence-electron chi connectivity index (χ0n) is 26.5. The number of carbonyl (C=O) groups excluding carboxylic acids is 1. The fourth-order valence-corrected chi connectivity index (χ4v) is 5.71. The fourth-order valence-electron chi connectivity index (χ4n) is 5.71. The van der Waals surface area contributed by atoms with Gasteiger partial charge in [0, 0.05) is 33.3 Å². The molecular weight excluding hydrogens is 626 g/mol. The van der Waals surface area contributed by atoms with Gasteiger partial charge < -0.3 is 23.7 Å². The van der Waals surface area contributed by atoms with Gasteiger partial charge in [-0.15, -0.1) is 0 Å². The highest BCUT2D eigenvalue weighted by atomic mass is 19.1. The van der Waals surface area contributed by atoms with Gasteiger partial charge in [-0.25, -0.2) is 23.4 Å². The standard InChI is InChI=1S/C35H34F2N4O7/c1-44-13-15-46-31-19-23-26(20-32(31)47-16-14-45-2)38-21-39-34(23)48-30-11-10-22(17-25(30)37)18-29(42)33-28-9-5-6-12-40(28)41(35(33)43)27-8-4-3-7-24(27)36/h3-4,7-8,10-11,17,19-21H,5-6,9,12-16,18H2,1-2H3. The Labute approximate surface area is 274 Å². The lowest BCUT2D eigenvalue weighted by Crippen LogP contribution is -2.25. The number of fused-ring (bicyclic) bond motifs is 2. The van der Waals surface area contributed by atoms with Crippen molar-refractivity contribution < 1.29 is 37.3 Å². The first-order chi connectivity index (χ1) is 23.4. The minimum Gasteiger partial charge on any atom is -0.487 e. The number of halogens is 2. The van der Waals surface area contributed by atoms with Crippen LogP contribution in [-0.2, 0) is 28.9 Å². The summed E-state index contributed by atoms with van der Waals surface area (Å²) < 4.78 is 60.9. The number of nitrogens with zero attached hydrogens (tertiary/aromatic N) is 4. The van der Waals surface area contributed by atoms with E-state index in [2.05, 4.69) is 9.97 Å². The molecule has 0 bridgehead atoms. The van der Waals surface area contributed by atoms with Crippen molar-refractivity contribution in [1.29, 1.82) is 0 Å². The first-order valence-corrected chi connectivity index (χ1v) is 15.5. The predicted molar refractivity (Wildman–Crippen MR) is 172 cm³/mol. The van der Waals surface area contributed by atoms with Crippen LogP contribution in [0.3, 0.4) is 0 Å². The number of carbonyl (C=O) groups is 1. The molecular formula is C35H34F2N4O7. The van der Waals surface area contributed by atoms with Crippen molar-refractivity contribution in [3.63, 3.8) is 0 Å². The minimum atomic E-state index is -0.731. The number of methoxy groups -OCH3 is 2. The summed E-state index contributed by atoms with van der Waals surface area (Å²) in [5, 5.41) is 0.451. The number of ketones is 1. The molecule has 0 atom stereocenters. The van der Waals surface area contributed by atoms with Gasteiger partial charge in [-0.1, -0.05) is 18.2 Å². The maximum absolute atomic E-state index is 15.5.